The van der Waals surface area contributed by atoms with Crippen molar-refractivity contribution in [3.63, 3.8) is 0 Å². The summed E-state index contributed by atoms with van der Waals surface area (Å²) in [6.45, 7) is 21.3. The molecule has 0 aromatic rings. The van der Waals surface area contributed by atoms with E-state index < -0.39 is 162 Å². The molecule has 24 nitrogen and oxygen atoms in total. The Balaban J connectivity index is -0.000000975. The number of hydrogen-bond donors (Lipinski definition) is 4. The van der Waals surface area contributed by atoms with E-state index in [1.807, 2.05) is 0 Å². The van der Waals surface area contributed by atoms with Gasteiger partial charge in [0.1, 0.15) is 0 Å². The second-order valence-corrected chi connectivity index (χ2v) is 29.7. The highest BCUT2D eigenvalue weighted by Gasteiger charge is 2.55. The molecule has 36 heteroatoms. The molecule has 0 saturated heterocycles. The standard InChI is InChI=1S/C10H16F2O6S.C10H16F2O5S.C9H14F2O5S.C8H12F2O5S.3C4H10O/c1-5(10(11,12)19(15,16)17)18-8(13)6-4-7(6)9(2,3)14;1-7(10(11,12)18(14,15)16)17-9(13)8-5-3-2-4-6-8;1-6(9(10,11)17(13,14)15)16-8(12)7-4-2-3-5-7;1-5(8(9,10)16(12,13)14)15-7(11)6-3-2-4-6;3*1-4(2,3)5/h5-7,14H,4H2,1-3H3,(H,15,16,17);7-8H,2-6H2,1H3,(H,14,15,16);6-7H,2-5H2,1H3,(H,13,14,15);5-6H,2-4H2,1H3,(H,12,13,14);3*5H,1-3H3/p-4. The fourth-order valence-corrected chi connectivity index (χ4v) is 8.36. The van der Waals surface area contributed by atoms with Crippen LogP contribution in [-0.2, 0) is 78.6 Å². The van der Waals surface area contributed by atoms with Gasteiger partial charge in [0.15, 0.2) is 64.9 Å². The van der Waals surface area contributed by atoms with Crippen molar-refractivity contribution in [3.05, 3.63) is 0 Å². The minimum atomic E-state index is -5.90. The summed E-state index contributed by atoms with van der Waals surface area (Å²) >= 11 is 0. The molecule has 4 N–H and O–H groups in total. The van der Waals surface area contributed by atoms with Crippen molar-refractivity contribution in [1.29, 1.82) is 0 Å². The Morgan fingerprint density at radius 2 is 0.553 bits per heavy atom. The third-order valence-corrected chi connectivity index (χ3v) is 15.5. The highest BCUT2D eigenvalue weighted by molar-refractivity contribution is 7.87. The maximum absolute atomic E-state index is 13.1. The maximum atomic E-state index is 13.1. The number of aliphatic hydroxyl groups is 4. The summed E-state index contributed by atoms with van der Waals surface area (Å²) in [5.74, 6) is -6.22. The minimum Gasteiger partial charge on any atom is -0.743 e. The molecule has 4 fully saturated rings. The maximum Gasteiger partial charge on any atom is 0.369 e. The topological polar surface area (TPSA) is 415 Å². The van der Waals surface area contributed by atoms with E-state index in [4.69, 9.17) is 15.3 Å². The summed E-state index contributed by atoms with van der Waals surface area (Å²) in [7, 11) is -23.4. The van der Waals surface area contributed by atoms with Crippen LogP contribution in [0.2, 0.25) is 0 Å². The third-order valence-electron chi connectivity index (χ3n) is 11.5. The SMILES string of the molecule is CC(C)(C)O.CC(C)(C)O.CC(C)(C)O.CC(OC(=O)C1CC1C(C)(C)O)C(F)(F)S(=O)(=O)[O-].CC(OC(=O)C1CCC1)C(F)(F)S(=O)(=O)[O-].CC(OC(=O)C1CCCC1)C(F)(F)S(=O)(=O)[O-].CC(OC(=O)C1CCCCC1)C(F)(F)S(=O)(=O)[O-]. The molecule has 4 saturated carbocycles. The summed E-state index contributed by atoms with van der Waals surface area (Å²) in [6.07, 6.45) is -0.613. The Morgan fingerprint density at radius 1 is 0.376 bits per heavy atom. The van der Waals surface area contributed by atoms with E-state index in [2.05, 4.69) is 18.9 Å². The van der Waals surface area contributed by atoms with Crippen molar-refractivity contribution in [1.82, 2.24) is 0 Å². The molecule has 508 valence electrons. The minimum absolute atomic E-state index is 0.269. The van der Waals surface area contributed by atoms with Crippen molar-refractivity contribution in [3.8, 4) is 0 Å². The zero-order chi connectivity index (χ0) is 68.5. The van der Waals surface area contributed by atoms with E-state index in [1.165, 1.54) is 13.8 Å². The number of hydrogen-bond acceptors (Lipinski definition) is 24. The molecule has 0 aromatic carbocycles. The number of alkyl halides is 8. The molecule has 4 rings (SSSR count). The lowest BCUT2D eigenvalue weighted by atomic mass is 9.86. The average molecular weight is 1340 g/mol. The van der Waals surface area contributed by atoms with E-state index in [0.717, 1.165) is 38.5 Å². The summed E-state index contributed by atoms with van der Waals surface area (Å²) in [5.41, 5.74) is -2.65. The molecule has 6 atom stereocenters. The fraction of sp³-hybridized carbons (Fsp3) is 0.918. The molecular formula is C49H84F8O24S4-4. The lowest BCUT2D eigenvalue weighted by Gasteiger charge is -2.29. The van der Waals surface area contributed by atoms with Gasteiger partial charge in [0, 0.05) is 5.92 Å². The predicted octanol–water partition coefficient (Wildman–Crippen LogP) is 6.53. The van der Waals surface area contributed by atoms with Crippen LogP contribution in [0.5, 0.6) is 0 Å². The second-order valence-electron chi connectivity index (χ2n) is 23.9. The summed E-state index contributed by atoms with van der Waals surface area (Å²) < 4.78 is 245. The molecule has 0 heterocycles. The first-order valence-electron chi connectivity index (χ1n) is 26.3. The average Bonchev–Trinajstić information content (AvgIpc) is 3.90. The number of rotatable bonds is 17. The number of carbonyl (C=O) groups excluding carboxylic acids is 4. The van der Waals surface area contributed by atoms with Crippen LogP contribution < -0.4 is 0 Å². The Labute approximate surface area is 492 Å². The highest BCUT2D eigenvalue weighted by atomic mass is 32.2. The van der Waals surface area contributed by atoms with Gasteiger partial charge in [-0.1, -0.05) is 38.5 Å². The van der Waals surface area contributed by atoms with Crippen LogP contribution >= 0.6 is 0 Å². The van der Waals surface area contributed by atoms with Gasteiger partial charge in [-0.2, -0.15) is 35.1 Å². The largest absolute Gasteiger partial charge is 0.743 e. The molecule has 0 spiro atoms. The quantitative estimate of drug-likeness (QED) is 0.0520. The first-order chi connectivity index (χ1) is 37.3. The molecule has 6 unspecified atom stereocenters. The summed E-state index contributed by atoms with van der Waals surface area (Å²) in [5, 5.41) is 16.7. The first-order valence-corrected chi connectivity index (χ1v) is 31.9. The molecule has 0 radical (unpaired) electrons. The van der Waals surface area contributed by atoms with Gasteiger partial charge >= 0.3 is 44.9 Å². The van der Waals surface area contributed by atoms with Gasteiger partial charge in [-0.25, -0.2) is 33.7 Å². The molecule has 0 amide bonds. The third kappa shape index (κ3) is 33.8. The zero-order valence-electron chi connectivity index (χ0n) is 50.0. The number of carbonyl (C=O) groups is 4. The predicted molar refractivity (Wildman–Crippen MR) is 280 cm³/mol. The van der Waals surface area contributed by atoms with Gasteiger partial charge in [-0.05, 0) is 149 Å². The van der Waals surface area contributed by atoms with Gasteiger partial charge in [0.05, 0.1) is 46.1 Å². The monoisotopic (exact) mass is 1340 g/mol. The van der Waals surface area contributed by atoms with Crippen LogP contribution in [0, 0.1) is 29.6 Å². The lowest BCUT2D eigenvalue weighted by Crippen LogP contribution is -2.43. The van der Waals surface area contributed by atoms with E-state index >= 15 is 0 Å². The molecule has 4 aliphatic carbocycles. The molecule has 0 aromatic heterocycles. The lowest BCUT2D eigenvalue weighted by molar-refractivity contribution is -0.167. The van der Waals surface area contributed by atoms with Crippen molar-refractivity contribution >= 4 is 64.3 Å². The van der Waals surface area contributed by atoms with Crippen molar-refractivity contribution in [2.24, 2.45) is 29.6 Å². The van der Waals surface area contributed by atoms with Crippen molar-refractivity contribution < 1.29 is 146 Å². The van der Waals surface area contributed by atoms with Gasteiger partial charge < -0.3 is 57.6 Å². The second kappa shape index (κ2) is 33.0. The zero-order valence-corrected chi connectivity index (χ0v) is 53.3. The highest BCUT2D eigenvalue weighted by Crippen LogP contribution is 2.47. The van der Waals surface area contributed by atoms with Gasteiger partial charge in [0.25, 0.3) is 0 Å². The van der Waals surface area contributed by atoms with Crippen LogP contribution in [0.3, 0.4) is 0 Å². The smallest absolute Gasteiger partial charge is 0.369 e. The molecular weight excluding hydrogens is 1250 g/mol. The summed E-state index contributed by atoms with van der Waals surface area (Å²) in [6, 6.07) is 0. The Morgan fingerprint density at radius 3 is 0.706 bits per heavy atom. The Bertz CT molecular complexity index is 2520. The van der Waals surface area contributed by atoms with Crippen LogP contribution in [-0.4, -0.2) is 164 Å². The Kier molecular flexibility index (Phi) is 33.4. The van der Waals surface area contributed by atoms with Crippen LogP contribution in [0.15, 0.2) is 0 Å². The normalized spacial score (nSPS) is 20.0. The van der Waals surface area contributed by atoms with Gasteiger partial charge in [-0.15, -0.1) is 0 Å². The van der Waals surface area contributed by atoms with Crippen LogP contribution in [0.25, 0.3) is 0 Å². The molecule has 85 heavy (non-hydrogen) atoms. The van der Waals surface area contributed by atoms with Gasteiger partial charge in [0.2, 0.25) is 0 Å². The van der Waals surface area contributed by atoms with E-state index in [-0.39, 0.29) is 6.42 Å². The van der Waals surface area contributed by atoms with Crippen LogP contribution in [0.4, 0.5) is 35.1 Å². The van der Waals surface area contributed by atoms with E-state index in [9.17, 15) is 111 Å². The fourth-order valence-electron chi connectivity index (χ4n) is 6.54. The molecule has 4 aliphatic rings. The summed E-state index contributed by atoms with van der Waals surface area (Å²) in [4.78, 5) is 45.5. The van der Waals surface area contributed by atoms with Gasteiger partial charge in [-0.3, -0.25) is 19.2 Å². The molecule has 0 bridgehead atoms. The van der Waals surface area contributed by atoms with Crippen LogP contribution in [0.1, 0.15) is 187 Å². The van der Waals surface area contributed by atoms with E-state index in [1.54, 1.807) is 62.3 Å². The van der Waals surface area contributed by atoms with Crippen molar-refractivity contribution in [2.45, 2.75) is 255 Å². The number of ether oxygens (including phenoxy) is 4. The Hall–Kier alpha value is -3.20. The number of halogens is 8. The molecule has 0 aliphatic heterocycles. The van der Waals surface area contributed by atoms with E-state index in [0.29, 0.717) is 66.2 Å². The van der Waals surface area contributed by atoms with Crippen molar-refractivity contribution in [2.75, 3.05) is 0 Å². The first kappa shape index (κ1) is 86.0. The number of esters is 4.